The molecule has 1 aromatic heterocycles. The van der Waals surface area contributed by atoms with Crippen molar-refractivity contribution in [3.8, 4) is 5.88 Å². The summed E-state index contributed by atoms with van der Waals surface area (Å²) in [6, 6.07) is 9.92. The van der Waals surface area contributed by atoms with Crippen LogP contribution in [-0.2, 0) is 4.79 Å². The minimum atomic E-state index is -0.571. The van der Waals surface area contributed by atoms with Crippen molar-refractivity contribution in [2.45, 2.75) is 30.7 Å². The van der Waals surface area contributed by atoms with Crippen LogP contribution in [0.4, 0.5) is 10.3 Å². The predicted molar refractivity (Wildman–Crippen MR) is 94.7 cm³/mol. The van der Waals surface area contributed by atoms with Gasteiger partial charge >= 0.3 is 0 Å². The third kappa shape index (κ3) is 2.98. The second kappa shape index (κ2) is 6.55. The number of carbonyl (C=O) groups excluding carboxylic acids is 1. The Kier molecular flexibility index (Phi) is 4.22. The van der Waals surface area contributed by atoms with E-state index in [2.05, 4.69) is 15.3 Å². The van der Waals surface area contributed by atoms with Gasteiger partial charge in [0.05, 0.1) is 19.2 Å². The Morgan fingerprint density at radius 1 is 1.27 bits per heavy atom. The third-order valence-corrected chi connectivity index (χ3v) is 5.40. The summed E-state index contributed by atoms with van der Waals surface area (Å²) in [6.45, 7) is 1.41. The molecule has 6 nitrogen and oxygen atoms in total. The molecule has 1 N–H and O–H groups in total. The van der Waals surface area contributed by atoms with Gasteiger partial charge in [-0.25, -0.2) is 4.98 Å². The zero-order valence-electron chi connectivity index (χ0n) is 14.6. The van der Waals surface area contributed by atoms with E-state index in [0.29, 0.717) is 19.0 Å². The molecule has 26 heavy (non-hydrogen) atoms. The molecule has 2 aliphatic rings. The maximum Gasteiger partial charge on any atom is 0.255 e. The van der Waals surface area contributed by atoms with E-state index in [1.165, 1.54) is 7.11 Å². The predicted octanol–water partition coefficient (Wildman–Crippen LogP) is 2.27. The lowest BCUT2D eigenvalue weighted by Gasteiger charge is -2.39. The SMILES string of the molecule is COc1nc(N2CCC3(CC2)CC(c2ccccc2)C(=O)N3)ncc1F. The lowest BCUT2D eigenvalue weighted by Crippen LogP contribution is -2.51. The Labute approximate surface area is 151 Å². The molecule has 3 heterocycles. The summed E-state index contributed by atoms with van der Waals surface area (Å²) < 4.78 is 18.4. The maximum absolute atomic E-state index is 13.5. The number of hydrogen-bond acceptors (Lipinski definition) is 5. The molecule has 0 aliphatic carbocycles. The quantitative estimate of drug-likeness (QED) is 0.914. The summed E-state index contributed by atoms with van der Waals surface area (Å²) in [5.41, 5.74) is 0.883. The number of benzene rings is 1. The van der Waals surface area contributed by atoms with Gasteiger partial charge in [-0.1, -0.05) is 30.3 Å². The maximum atomic E-state index is 13.5. The molecule has 2 aromatic rings. The molecule has 2 saturated heterocycles. The van der Waals surface area contributed by atoms with E-state index < -0.39 is 5.82 Å². The van der Waals surface area contributed by atoms with Crippen LogP contribution >= 0.6 is 0 Å². The van der Waals surface area contributed by atoms with Gasteiger partial charge in [0, 0.05) is 18.6 Å². The molecule has 1 spiro atoms. The van der Waals surface area contributed by atoms with Crippen molar-refractivity contribution in [3.05, 3.63) is 47.9 Å². The monoisotopic (exact) mass is 356 g/mol. The van der Waals surface area contributed by atoms with Crippen LogP contribution in [0.3, 0.4) is 0 Å². The standard InChI is InChI=1S/C19H21FN4O2/c1-26-17-15(20)12-21-18(22-17)24-9-7-19(8-10-24)11-14(16(25)23-19)13-5-3-2-4-6-13/h2-6,12,14H,7-11H2,1H3,(H,23,25). The molecule has 0 radical (unpaired) electrons. The summed E-state index contributed by atoms with van der Waals surface area (Å²) >= 11 is 0. The Bertz CT molecular complexity index is 806. The van der Waals surface area contributed by atoms with E-state index in [1.807, 2.05) is 35.2 Å². The number of halogens is 1. The number of ether oxygens (including phenoxy) is 1. The van der Waals surface area contributed by atoms with Gasteiger partial charge in [-0.05, 0) is 24.8 Å². The first-order chi connectivity index (χ1) is 12.6. The van der Waals surface area contributed by atoms with Crippen LogP contribution in [0.25, 0.3) is 0 Å². The first-order valence-electron chi connectivity index (χ1n) is 8.79. The highest BCUT2D eigenvalue weighted by atomic mass is 19.1. The van der Waals surface area contributed by atoms with Gasteiger partial charge in [-0.2, -0.15) is 9.37 Å². The van der Waals surface area contributed by atoms with Crippen molar-refractivity contribution < 1.29 is 13.9 Å². The van der Waals surface area contributed by atoms with Crippen molar-refractivity contribution in [3.63, 3.8) is 0 Å². The fraction of sp³-hybridized carbons (Fsp3) is 0.421. The summed E-state index contributed by atoms with van der Waals surface area (Å²) in [5.74, 6) is -0.150. The number of nitrogens with zero attached hydrogens (tertiary/aromatic N) is 3. The molecule has 1 amide bonds. The van der Waals surface area contributed by atoms with Gasteiger partial charge in [0.2, 0.25) is 17.7 Å². The van der Waals surface area contributed by atoms with E-state index in [1.54, 1.807) is 0 Å². The minimum Gasteiger partial charge on any atom is -0.479 e. The highest BCUT2D eigenvalue weighted by molar-refractivity contribution is 5.87. The zero-order chi connectivity index (χ0) is 18.1. The first-order valence-corrected chi connectivity index (χ1v) is 8.79. The zero-order valence-corrected chi connectivity index (χ0v) is 14.6. The Balaban J connectivity index is 1.46. The smallest absolute Gasteiger partial charge is 0.255 e. The number of aromatic nitrogens is 2. The van der Waals surface area contributed by atoms with Crippen LogP contribution in [-0.4, -0.2) is 41.6 Å². The molecule has 1 atom stereocenters. The average Bonchev–Trinajstić information content (AvgIpc) is 2.99. The number of carbonyl (C=O) groups is 1. The largest absolute Gasteiger partial charge is 0.479 e. The summed E-state index contributed by atoms with van der Waals surface area (Å²) in [5, 5.41) is 3.23. The van der Waals surface area contributed by atoms with Gasteiger partial charge in [-0.15, -0.1) is 0 Å². The molecule has 1 aromatic carbocycles. The van der Waals surface area contributed by atoms with Crippen LogP contribution in [0, 0.1) is 5.82 Å². The van der Waals surface area contributed by atoms with Gasteiger partial charge in [0.15, 0.2) is 0 Å². The molecule has 7 heteroatoms. The van der Waals surface area contributed by atoms with Crippen LogP contribution in [0.2, 0.25) is 0 Å². The number of amides is 1. The normalized spacial score (nSPS) is 21.7. The number of nitrogens with one attached hydrogen (secondary N) is 1. The van der Waals surface area contributed by atoms with E-state index in [9.17, 15) is 9.18 Å². The Hall–Kier alpha value is -2.70. The Morgan fingerprint density at radius 3 is 2.69 bits per heavy atom. The van der Waals surface area contributed by atoms with Crippen molar-refractivity contribution in [1.82, 2.24) is 15.3 Å². The molecule has 0 bridgehead atoms. The van der Waals surface area contributed by atoms with E-state index in [-0.39, 0.29) is 23.2 Å². The van der Waals surface area contributed by atoms with E-state index in [0.717, 1.165) is 31.0 Å². The van der Waals surface area contributed by atoms with Gasteiger partial charge in [-0.3, -0.25) is 4.79 Å². The minimum absolute atomic E-state index is 0.0476. The number of anilines is 1. The Morgan fingerprint density at radius 2 is 2.00 bits per heavy atom. The van der Waals surface area contributed by atoms with Crippen molar-refractivity contribution >= 4 is 11.9 Å². The number of rotatable bonds is 3. The molecule has 2 fully saturated rings. The number of hydrogen-bond donors (Lipinski definition) is 1. The average molecular weight is 356 g/mol. The first kappa shape index (κ1) is 16.8. The van der Waals surface area contributed by atoms with E-state index in [4.69, 9.17) is 4.74 Å². The van der Waals surface area contributed by atoms with Crippen LogP contribution in [0.5, 0.6) is 5.88 Å². The highest BCUT2D eigenvalue weighted by Gasteiger charge is 2.46. The fourth-order valence-electron chi connectivity index (χ4n) is 3.94. The molecule has 0 saturated carbocycles. The number of piperidine rings is 1. The van der Waals surface area contributed by atoms with Gasteiger partial charge in [0.25, 0.3) is 5.88 Å². The third-order valence-electron chi connectivity index (χ3n) is 5.40. The lowest BCUT2D eigenvalue weighted by atomic mass is 9.82. The van der Waals surface area contributed by atoms with Crippen LogP contribution < -0.4 is 15.0 Å². The highest BCUT2D eigenvalue weighted by Crippen LogP contribution is 2.39. The topological polar surface area (TPSA) is 67.3 Å². The molecular weight excluding hydrogens is 335 g/mol. The second-order valence-corrected chi connectivity index (χ2v) is 6.95. The summed E-state index contributed by atoms with van der Waals surface area (Å²) in [7, 11) is 1.39. The van der Waals surface area contributed by atoms with Crippen molar-refractivity contribution in [2.75, 3.05) is 25.1 Å². The lowest BCUT2D eigenvalue weighted by molar-refractivity contribution is -0.121. The molecular formula is C19H21FN4O2. The van der Waals surface area contributed by atoms with Crippen molar-refractivity contribution in [1.29, 1.82) is 0 Å². The molecule has 1 unspecified atom stereocenters. The summed E-state index contributed by atoms with van der Waals surface area (Å²) in [6.07, 6.45) is 3.56. The van der Waals surface area contributed by atoms with Crippen molar-refractivity contribution in [2.24, 2.45) is 0 Å². The summed E-state index contributed by atoms with van der Waals surface area (Å²) in [4.78, 5) is 22.7. The molecule has 4 rings (SSSR count). The van der Waals surface area contributed by atoms with Gasteiger partial charge < -0.3 is 15.0 Å². The molecule has 2 aliphatic heterocycles. The van der Waals surface area contributed by atoms with Crippen LogP contribution in [0.15, 0.2) is 36.5 Å². The van der Waals surface area contributed by atoms with E-state index >= 15 is 0 Å². The second-order valence-electron chi connectivity index (χ2n) is 6.95. The van der Waals surface area contributed by atoms with Crippen LogP contribution in [0.1, 0.15) is 30.7 Å². The molecule has 136 valence electrons. The fourth-order valence-corrected chi connectivity index (χ4v) is 3.94. The van der Waals surface area contributed by atoms with Gasteiger partial charge in [0.1, 0.15) is 0 Å². The number of methoxy groups -OCH3 is 1.